The summed E-state index contributed by atoms with van der Waals surface area (Å²) in [5, 5.41) is 2.93. The second-order valence-corrected chi connectivity index (χ2v) is 12.0. The zero-order chi connectivity index (χ0) is 28.6. The second kappa shape index (κ2) is 13.7. The zero-order valence-corrected chi connectivity index (χ0v) is 24.6. The Balaban J connectivity index is 2.04. The quantitative estimate of drug-likeness (QED) is 0.290. The third-order valence-electron chi connectivity index (χ3n) is 6.36. The van der Waals surface area contributed by atoms with E-state index in [1.807, 2.05) is 13.8 Å². The number of halogens is 2. The highest BCUT2D eigenvalue weighted by atomic mass is 79.9. The van der Waals surface area contributed by atoms with Crippen LogP contribution in [0.2, 0.25) is 0 Å². The van der Waals surface area contributed by atoms with Gasteiger partial charge in [0.15, 0.2) is 0 Å². The molecule has 3 aromatic rings. The molecule has 2 amide bonds. The van der Waals surface area contributed by atoms with Gasteiger partial charge in [0.1, 0.15) is 18.4 Å². The lowest BCUT2D eigenvalue weighted by atomic mass is 10.1. The number of hydrogen-bond donors (Lipinski definition) is 1. The molecule has 208 valence electrons. The van der Waals surface area contributed by atoms with Crippen LogP contribution < -0.4 is 9.62 Å². The number of carbonyl (C=O) groups excluding carboxylic acids is 2. The van der Waals surface area contributed by atoms with E-state index in [-0.39, 0.29) is 23.4 Å². The van der Waals surface area contributed by atoms with Crippen LogP contribution in [0.3, 0.4) is 0 Å². The van der Waals surface area contributed by atoms with E-state index in [4.69, 9.17) is 0 Å². The lowest BCUT2D eigenvalue weighted by molar-refractivity contribution is -0.140. The number of sulfonamides is 1. The normalized spacial score (nSPS) is 12.8. The fourth-order valence-corrected chi connectivity index (χ4v) is 5.84. The van der Waals surface area contributed by atoms with Gasteiger partial charge in [-0.05, 0) is 67.8 Å². The fraction of sp³-hybridized carbons (Fsp3) is 0.310. The molecule has 3 aromatic carbocycles. The number of amides is 2. The molecule has 2 atom stereocenters. The number of rotatable bonds is 12. The average Bonchev–Trinajstić information content (AvgIpc) is 2.92. The number of hydrogen-bond acceptors (Lipinski definition) is 4. The molecule has 0 aromatic heterocycles. The van der Waals surface area contributed by atoms with Crippen LogP contribution in [-0.2, 0) is 26.2 Å². The van der Waals surface area contributed by atoms with Gasteiger partial charge in [-0.2, -0.15) is 0 Å². The predicted octanol–water partition coefficient (Wildman–Crippen LogP) is 5.51. The van der Waals surface area contributed by atoms with Crippen molar-refractivity contribution in [1.29, 1.82) is 0 Å². The monoisotopic (exact) mass is 617 g/mol. The summed E-state index contributed by atoms with van der Waals surface area (Å²) in [6, 6.07) is 19.2. The maximum atomic E-state index is 14.0. The molecular formula is C29H33BrFN3O4S. The summed E-state index contributed by atoms with van der Waals surface area (Å²) in [7, 11) is -4.14. The van der Waals surface area contributed by atoms with Gasteiger partial charge in [0.05, 0.1) is 10.6 Å². The molecule has 10 heteroatoms. The van der Waals surface area contributed by atoms with E-state index in [1.165, 1.54) is 29.2 Å². The van der Waals surface area contributed by atoms with Gasteiger partial charge < -0.3 is 10.2 Å². The van der Waals surface area contributed by atoms with Gasteiger partial charge in [-0.1, -0.05) is 66.2 Å². The molecule has 0 aliphatic rings. The first-order valence-corrected chi connectivity index (χ1v) is 15.0. The Morgan fingerprint density at radius 3 is 2.21 bits per heavy atom. The van der Waals surface area contributed by atoms with E-state index >= 15 is 0 Å². The van der Waals surface area contributed by atoms with Crippen LogP contribution in [0.1, 0.15) is 39.2 Å². The van der Waals surface area contributed by atoms with E-state index < -0.39 is 34.3 Å². The summed E-state index contributed by atoms with van der Waals surface area (Å²) in [4.78, 5) is 28.6. The van der Waals surface area contributed by atoms with Crippen molar-refractivity contribution in [2.24, 2.45) is 0 Å². The summed E-state index contributed by atoms with van der Waals surface area (Å²) in [5.41, 5.74) is 0.903. The van der Waals surface area contributed by atoms with Crippen LogP contribution in [-0.4, -0.2) is 43.8 Å². The van der Waals surface area contributed by atoms with E-state index in [0.29, 0.717) is 28.6 Å². The zero-order valence-electron chi connectivity index (χ0n) is 22.2. The van der Waals surface area contributed by atoms with Crippen molar-refractivity contribution in [2.75, 3.05) is 10.8 Å². The van der Waals surface area contributed by atoms with E-state index in [0.717, 1.165) is 4.31 Å². The van der Waals surface area contributed by atoms with Gasteiger partial charge in [-0.25, -0.2) is 12.8 Å². The Morgan fingerprint density at radius 2 is 1.62 bits per heavy atom. The number of carbonyl (C=O) groups is 2. The van der Waals surface area contributed by atoms with Crippen molar-refractivity contribution >= 4 is 43.5 Å². The minimum Gasteiger partial charge on any atom is -0.352 e. The molecule has 0 unspecified atom stereocenters. The molecule has 0 saturated carbocycles. The first-order valence-electron chi connectivity index (χ1n) is 12.7. The molecule has 3 rings (SSSR count). The Kier molecular flexibility index (Phi) is 10.7. The Morgan fingerprint density at radius 1 is 0.949 bits per heavy atom. The molecule has 0 saturated heterocycles. The maximum absolute atomic E-state index is 14.0. The number of anilines is 1. The van der Waals surface area contributed by atoms with E-state index in [2.05, 4.69) is 21.2 Å². The van der Waals surface area contributed by atoms with Gasteiger partial charge in [-0.3, -0.25) is 13.9 Å². The van der Waals surface area contributed by atoms with Crippen molar-refractivity contribution in [3.63, 3.8) is 0 Å². The SMILES string of the molecule is CC[C@H](C)NC(=O)[C@H](CC)N(Cc1ccc(F)cc1)C(=O)CN(c1cccc(Br)c1)S(=O)(=O)c1ccccc1. The second-order valence-electron chi connectivity index (χ2n) is 9.19. The van der Waals surface area contributed by atoms with E-state index in [9.17, 15) is 22.4 Å². The highest BCUT2D eigenvalue weighted by molar-refractivity contribution is 9.10. The molecule has 39 heavy (non-hydrogen) atoms. The smallest absolute Gasteiger partial charge is 0.264 e. The summed E-state index contributed by atoms with van der Waals surface area (Å²) in [5.74, 6) is -1.32. The molecule has 0 heterocycles. The Bertz CT molecular complexity index is 1370. The molecule has 0 radical (unpaired) electrons. The van der Waals surface area contributed by atoms with Crippen molar-refractivity contribution in [2.45, 2.75) is 57.1 Å². The minimum absolute atomic E-state index is 0.00323. The van der Waals surface area contributed by atoms with Crippen molar-refractivity contribution < 1.29 is 22.4 Å². The first kappa shape index (κ1) is 30.3. The van der Waals surface area contributed by atoms with Crippen LogP contribution in [0.4, 0.5) is 10.1 Å². The van der Waals surface area contributed by atoms with Gasteiger partial charge in [0.2, 0.25) is 11.8 Å². The lowest BCUT2D eigenvalue weighted by Gasteiger charge is -2.33. The van der Waals surface area contributed by atoms with Crippen molar-refractivity contribution in [3.05, 3.63) is 94.7 Å². The molecule has 0 spiro atoms. The largest absolute Gasteiger partial charge is 0.352 e. The molecule has 0 aliphatic carbocycles. The number of nitrogens with one attached hydrogen (secondary N) is 1. The van der Waals surface area contributed by atoms with Crippen LogP contribution in [0, 0.1) is 5.82 Å². The van der Waals surface area contributed by atoms with Crippen LogP contribution in [0.25, 0.3) is 0 Å². The first-order chi connectivity index (χ1) is 18.6. The predicted molar refractivity (Wildman–Crippen MR) is 154 cm³/mol. The molecule has 0 aliphatic heterocycles. The third-order valence-corrected chi connectivity index (χ3v) is 8.64. The molecule has 0 fully saturated rings. The highest BCUT2D eigenvalue weighted by Crippen LogP contribution is 2.27. The van der Waals surface area contributed by atoms with Gasteiger partial charge >= 0.3 is 0 Å². The van der Waals surface area contributed by atoms with E-state index in [1.54, 1.807) is 61.5 Å². The fourth-order valence-electron chi connectivity index (χ4n) is 4.03. The van der Waals surface area contributed by atoms with Crippen molar-refractivity contribution in [3.8, 4) is 0 Å². The standard InChI is InChI=1S/C29H33BrFN3O4S/c1-4-21(3)32-29(36)27(5-2)33(19-22-14-16-24(31)17-15-22)28(35)20-34(25-11-9-10-23(30)18-25)39(37,38)26-12-7-6-8-13-26/h6-18,21,27H,4-5,19-20H2,1-3H3,(H,32,36)/t21-,27-/m0/s1. The maximum Gasteiger partial charge on any atom is 0.264 e. The number of benzene rings is 3. The third kappa shape index (κ3) is 7.89. The molecule has 0 bridgehead atoms. The highest BCUT2D eigenvalue weighted by Gasteiger charge is 2.34. The molecule has 1 N–H and O–H groups in total. The van der Waals surface area contributed by atoms with Crippen LogP contribution >= 0.6 is 15.9 Å². The molecule has 7 nitrogen and oxygen atoms in total. The minimum atomic E-state index is -4.14. The van der Waals surface area contributed by atoms with Crippen LogP contribution in [0.15, 0.2) is 88.2 Å². The van der Waals surface area contributed by atoms with Crippen molar-refractivity contribution in [1.82, 2.24) is 10.2 Å². The topological polar surface area (TPSA) is 86.8 Å². The molecular weight excluding hydrogens is 585 g/mol. The van der Waals surface area contributed by atoms with Gasteiger partial charge in [0.25, 0.3) is 10.0 Å². The Hall–Kier alpha value is -3.24. The van der Waals surface area contributed by atoms with Gasteiger partial charge in [-0.15, -0.1) is 0 Å². The lowest BCUT2D eigenvalue weighted by Crippen LogP contribution is -2.53. The summed E-state index contributed by atoms with van der Waals surface area (Å²) in [6.45, 7) is 5.07. The summed E-state index contributed by atoms with van der Waals surface area (Å²) >= 11 is 3.38. The van der Waals surface area contributed by atoms with Crippen LogP contribution in [0.5, 0.6) is 0 Å². The Labute approximate surface area is 238 Å². The number of nitrogens with zero attached hydrogens (tertiary/aromatic N) is 2. The summed E-state index contributed by atoms with van der Waals surface area (Å²) in [6.07, 6.45) is 1.01. The average molecular weight is 619 g/mol. The van der Waals surface area contributed by atoms with Gasteiger partial charge in [0, 0.05) is 17.1 Å². The summed E-state index contributed by atoms with van der Waals surface area (Å²) < 4.78 is 42.8.